The van der Waals surface area contributed by atoms with Crippen molar-refractivity contribution in [1.82, 2.24) is 0 Å². The molecule has 22 heavy (non-hydrogen) atoms. The van der Waals surface area contributed by atoms with Crippen molar-refractivity contribution in [3.63, 3.8) is 0 Å². The highest BCUT2D eigenvalue weighted by Gasteiger charge is 2.06. The van der Waals surface area contributed by atoms with Gasteiger partial charge in [0.1, 0.15) is 0 Å². The second-order valence-electron chi connectivity index (χ2n) is 5.20. The number of benzene rings is 3. The molecule has 0 saturated heterocycles. The van der Waals surface area contributed by atoms with Gasteiger partial charge in [0.25, 0.3) is 0 Å². The van der Waals surface area contributed by atoms with Crippen LogP contribution in [0.5, 0.6) is 0 Å². The van der Waals surface area contributed by atoms with Gasteiger partial charge >= 0.3 is 0 Å². The molecule has 0 spiro atoms. The Morgan fingerprint density at radius 1 is 0.500 bits per heavy atom. The van der Waals surface area contributed by atoms with E-state index < -0.39 is 0 Å². The monoisotopic (exact) mass is 282 g/mol. The summed E-state index contributed by atoms with van der Waals surface area (Å²) in [7, 11) is 0. The van der Waals surface area contributed by atoms with Gasteiger partial charge in [-0.1, -0.05) is 98.1 Å². The van der Waals surface area contributed by atoms with Crippen LogP contribution in [0.15, 0.2) is 86.0 Å². The Balaban J connectivity index is 2.08. The fraction of sp³-hybridized carbons (Fsp3) is 0. The molecule has 0 bridgehead atoms. The van der Waals surface area contributed by atoms with Crippen LogP contribution in [0.25, 0.3) is 34.4 Å². The molecule has 0 atom stereocenters. The Labute approximate surface area is 132 Å². The standard InChI is InChI=1S/C22H18/c1-3-17-9-13-19(14-10-17)21-7-5-6-8-22(21)20-15-11-18(4-2)12-16-20/h3-16H,1-2H2. The maximum atomic E-state index is 3.81. The van der Waals surface area contributed by atoms with Crippen LogP contribution < -0.4 is 0 Å². The molecule has 3 aromatic carbocycles. The van der Waals surface area contributed by atoms with Crippen LogP contribution in [-0.2, 0) is 0 Å². The lowest BCUT2D eigenvalue weighted by molar-refractivity contribution is 1.56. The minimum atomic E-state index is 1.14. The highest BCUT2D eigenvalue weighted by atomic mass is 14.1. The summed E-state index contributed by atoms with van der Waals surface area (Å²) >= 11 is 0. The fourth-order valence-corrected chi connectivity index (χ4v) is 2.58. The second kappa shape index (κ2) is 6.28. The van der Waals surface area contributed by atoms with Gasteiger partial charge in [-0.25, -0.2) is 0 Å². The van der Waals surface area contributed by atoms with Crippen molar-refractivity contribution < 1.29 is 0 Å². The molecule has 0 amide bonds. The van der Waals surface area contributed by atoms with Crippen molar-refractivity contribution in [2.24, 2.45) is 0 Å². The third-order valence-corrected chi connectivity index (χ3v) is 3.84. The number of rotatable bonds is 4. The van der Waals surface area contributed by atoms with E-state index in [0.717, 1.165) is 11.1 Å². The first kappa shape index (κ1) is 14.1. The molecule has 0 radical (unpaired) electrons. The van der Waals surface area contributed by atoms with E-state index in [2.05, 4.69) is 86.0 Å². The lowest BCUT2D eigenvalue weighted by Crippen LogP contribution is -1.85. The van der Waals surface area contributed by atoms with Crippen LogP contribution >= 0.6 is 0 Å². The first-order chi connectivity index (χ1) is 10.8. The van der Waals surface area contributed by atoms with Gasteiger partial charge in [0.05, 0.1) is 0 Å². The van der Waals surface area contributed by atoms with Gasteiger partial charge in [0, 0.05) is 0 Å². The summed E-state index contributed by atoms with van der Waals surface area (Å²) in [5.74, 6) is 0. The van der Waals surface area contributed by atoms with Gasteiger partial charge in [-0.3, -0.25) is 0 Å². The van der Waals surface area contributed by atoms with Gasteiger partial charge in [0.15, 0.2) is 0 Å². The van der Waals surface area contributed by atoms with Gasteiger partial charge in [-0.15, -0.1) is 0 Å². The van der Waals surface area contributed by atoms with Crippen molar-refractivity contribution in [2.75, 3.05) is 0 Å². The van der Waals surface area contributed by atoms with Crippen LogP contribution in [0, 0.1) is 0 Å². The summed E-state index contributed by atoms with van der Waals surface area (Å²) in [6.45, 7) is 7.61. The molecule has 3 rings (SSSR count). The lowest BCUT2D eigenvalue weighted by Gasteiger charge is -2.11. The van der Waals surface area contributed by atoms with Crippen LogP contribution in [0.4, 0.5) is 0 Å². The largest absolute Gasteiger partial charge is 0.0985 e. The molecule has 0 fully saturated rings. The summed E-state index contributed by atoms with van der Waals surface area (Å²) in [4.78, 5) is 0. The second-order valence-corrected chi connectivity index (χ2v) is 5.20. The SMILES string of the molecule is C=Cc1ccc(-c2ccccc2-c2ccc(C=C)cc2)cc1. The maximum absolute atomic E-state index is 3.81. The Morgan fingerprint density at radius 3 is 1.18 bits per heavy atom. The minimum absolute atomic E-state index is 1.14. The Kier molecular flexibility index (Phi) is 4.02. The molecule has 0 aromatic heterocycles. The minimum Gasteiger partial charge on any atom is -0.0985 e. The topological polar surface area (TPSA) is 0 Å². The number of hydrogen-bond donors (Lipinski definition) is 0. The molecular weight excluding hydrogens is 264 g/mol. The Hall–Kier alpha value is -2.86. The van der Waals surface area contributed by atoms with Gasteiger partial charge in [0.2, 0.25) is 0 Å². The van der Waals surface area contributed by atoms with Crippen molar-refractivity contribution in [2.45, 2.75) is 0 Å². The van der Waals surface area contributed by atoms with E-state index in [0.29, 0.717) is 0 Å². The zero-order chi connectivity index (χ0) is 15.4. The third kappa shape index (κ3) is 2.77. The number of hydrogen-bond acceptors (Lipinski definition) is 0. The molecule has 3 aromatic rings. The van der Waals surface area contributed by atoms with E-state index in [1.807, 2.05) is 12.2 Å². The van der Waals surface area contributed by atoms with Gasteiger partial charge in [-0.05, 0) is 33.4 Å². The summed E-state index contributed by atoms with van der Waals surface area (Å²) < 4.78 is 0. The van der Waals surface area contributed by atoms with E-state index in [9.17, 15) is 0 Å². The van der Waals surface area contributed by atoms with Crippen LogP contribution in [-0.4, -0.2) is 0 Å². The summed E-state index contributed by atoms with van der Waals surface area (Å²) in [5, 5.41) is 0. The molecule has 0 heteroatoms. The average Bonchev–Trinajstić information content (AvgIpc) is 2.62. The van der Waals surface area contributed by atoms with E-state index >= 15 is 0 Å². The smallest absolute Gasteiger partial charge is 0.0105 e. The summed E-state index contributed by atoms with van der Waals surface area (Å²) in [6.07, 6.45) is 3.73. The molecule has 0 nitrogen and oxygen atoms in total. The summed E-state index contributed by atoms with van der Waals surface area (Å²) in [5.41, 5.74) is 7.19. The predicted molar refractivity (Wildman–Crippen MR) is 97.5 cm³/mol. The van der Waals surface area contributed by atoms with Crippen molar-refractivity contribution in [3.8, 4) is 22.3 Å². The molecule has 106 valence electrons. The normalized spacial score (nSPS) is 10.2. The van der Waals surface area contributed by atoms with Gasteiger partial charge in [-0.2, -0.15) is 0 Å². The summed E-state index contributed by atoms with van der Waals surface area (Å²) in [6, 6.07) is 25.5. The van der Waals surface area contributed by atoms with Crippen LogP contribution in [0.2, 0.25) is 0 Å². The van der Waals surface area contributed by atoms with E-state index in [-0.39, 0.29) is 0 Å². The van der Waals surface area contributed by atoms with Crippen molar-refractivity contribution >= 4 is 12.2 Å². The molecule has 0 unspecified atom stereocenters. The quantitative estimate of drug-likeness (QED) is 0.526. The van der Waals surface area contributed by atoms with Gasteiger partial charge < -0.3 is 0 Å². The van der Waals surface area contributed by atoms with E-state index in [4.69, 9.17) is 0 Å². The first-order valence-corrected chi connectivity index (χ1v) is 7.36. The molecule has 0 N–H and O–H groups in total. The molecular formula is C22H18. The Bertz CT molecular complexity index is 720. The average molecular weight is 282 g/mol. The first-order valence-electron chi connectivity index (χ1n) is 7.36. The van der Waals surface area contributed by atoms with E-state index in [1.165, 1.54) is 22.3 Å². The maximum Gasteiger partial charge on any atom is -0.0105 e. The van der Waals surface area contributed by atoms with Crippen molar-refractivity contribution in [1.29, 1.82) is 0 Å². The molecule has 0 aliphatic rings. The molecule has 0 aliphatic carbocycles. The zero-order valence-electron chi connectivity index (χ0n) is 12.5. The fourth-order valence-electron chi connectivity index (χ4n) is 2.58. The molecule has 0 saturated carbocycles. The molecule has 0 aliphatic heterocycles. The molecule has 0 heterocycles. The highest BCUT2D eigenvalue weighted by molar-refractivity contribution is 5.84. The van der Waals surface area contributed by atoms with E-state index in [1.54, 1.807) is 0 Å². The zero-order valence-corrected chi connectivity index (χ0v) is 12.5. The van der Waals surface area contributed by atoms with Crippen molar-refractivity contribution in [3.05, 3.63) is 97.1 Å². The van der Waals surface area contributed by atoms with Crippen LogP contribution in [0.3, 0.4) is 0 Å². The predicted octanol–water partition coefficient (Wildman–Crippen LogP) is 6.31. The van der Waals surface area contributed by atoms with Crippen LogP contribution in [0.1, 0.15) is 11.1 Å². The third-order valence-electron chi connectivity index (χ3n) is 3.84. The highest BCUT2D eigenvalue weighted by Crippen LogP contribution is 2.32. The Morgan fingerprint density at radius 2 is 0.864 bits per heavy atom. The lowest BCUT2D eigenvalue weighted by atomic mass is 9.93.